The van der Waals surface area contributed by atoms with Crippen LogP contribution in [0.1, 0.15) is 17.3 Å². The van der Waals surface area contributed by atoms with Crippen molar-refractivity contribution in [3.63, 3.8) is 0 Å². The molecule has 3 rings (SSSR count). The Morgan fingerprint density at radius 1 is 1.03 bits per heavy atom. The molecule has 1 aliphatic heterocycles. The highest BCUT2D eigenvalue weighted by Gasteiger charge is 2.31. The molecule has 0 saturated carbocycles. The predicted molar refractivity (Wildman–Crippen MR) is 117 cm³/mol. The molecular weight excluding hydrogens is 472 g/mol. The summed E-state index contributed by atoms with van der Waals surface area (Å²) < 4.78 is 38.9. The second-order valence-electron chi connectivity index (χ2n) is 6.70. The lowest BCUT2D eigenvalue weighted by Crippen LogP contribution is -2.50. The SMILES string of the molecule is CCOCCOc1ccccc1C(=O)N1CCN(S(=O)(=O)c2cccc(Br)c2)CC1. The van der Waals surface area contributed by atoms with E-state index in [2.05, 4.69) is 15.9 Å². The van der Waals surface area contributed by atoms with E-state index in [9.17, 15) is 13.2 Å². The molecule has 0 N–H and O–H groups in total. The van der Waals surface area contributed by atoms with Crippen LogP contribution in [0.5, 0.6) is 5.75 Å². The lowest BCUT2D eigenvalue weighted by molar-refractivity contribution is 0.0688. The average Bonchev–Trinajstić information content (AvgIpc) is 2.76. The molecule has 1 heterocycles. The first kappa shape index (κ1) is 22.7. The zero-order valence-electron chi connectivity index (χ0n) is 16.8. The molecule has 30 heavy (non-hydrogen) atoms. The van der Waals surface area contributed by atoms with Crippen molar-refractivity contribution in [2.24, 2.45) is 0 Å². The third-order valence-corrected chi connectivity index (χ3v) is 7.15. The second-order valence-corrected chi connectivity index (χ2v) is 9.55. The average molecular weight is 497 g/mol. The van der Waals surface area contributed by atoms with Gasteiger partial charge in [-0.25, -0.2) is 8.42 Å². The molecule has 0 atom stereocenters. The lowest BCUT2D eigenvalue weighted by Gasteiger charge is -2.34. The fourth-order valence-electron chi connectivity index (χ4n) is 3.20. The van der Waals surface area contributed by atoms with Gasteiger partial charge in [0.2, 0.25) is 10.0 Å². The Bertz CT molecular complexity index is 975. The van der Waals surface area contributed by atoms with Crippen molar-refractivity contribution in [1.82, 2.24) is 9.21 Å². The van der Waals surface area contributed by atoms with Gasteiger partial charge in [-0.1, -0.05) is 34.1 Å². The normalized spacial score (nSPS) is 15.2. The third-order valence-electron chi connectivity index (χ3n) is 4.77. The molecule has 2 aromatic rings. The number of amides is 1. The molecule has 0 spiro atoms. The van der Waals surface area contributed by atoms with Crippen molar-refractivity contribution >= 4 is 31.9 Å². The van der Waals surface area contributed by atoms with Crippen molar-refractivity contribution < 1.29 is 22.7 Å². The summed E-state index contributed by atoms with van der Waals surface area (Å²) in [5, 5.41) is 0. The molecule has 0 bridgehead atoms. The molecule has 7 nitrogen and oxygen atoms in total. The Morgan fingerprint density at radius 2 is 1.77 bits per heavy atom. The van der Waals surface area contributed by atoms with Crippen molar-refractivity contribution in [2.45, 2.75) is 11.8 Å². The number of halogens is 1. The van der Waals surface area contributed by atoms with Gasteiger partial charge in [-0.05, 0) is 37.3 Å². The molecule has 0 aromatic heterocycles. The van der Waals surface area contributed by atoms with Crippen LogP contribution in [0.3, 0.4) is 0 Å². The minimum atomic E-state index is -3.60. The summed E-state index contributed by atoms with van der Waals surface area (Å²) >= 11 is 3.31. The van der Waals surface area contributed by atoms with Gasteiger partial charge in [-0.2, -0.15) is 4.31 Å². The van der Waals surface area contributed by atoms with Crippen LogP contribution in [-0.2, 0) is 14.8 Å². The largest absolute Gasteiger partial charge is 0.490 e. The molecule has 1 aliphatic rings. The Kier molecular flexibility index (Phi) is 7.87. The van der Waals surface area contributed by atoms with Gasteiger partial charge in [0.25, 0.3) is 5.91 Å². The third kappa shape index (κ3) is 5.40. The van der Waals surface area contributed by atoms with Crippen LogP contribution < -0.4 is 4.74 Å². The maximum Gasteiger partial charge on any atom is 0.257 e. The zero-order valence-corrected chi connectivity index (χ0v) is 19.2. The Hall–Kier alpha value is -1.94. The summed E-state index contributed by atoms with van der Waals surface area (Å²) in [5.74, 6) is 0.341. The highest BCUT2D eigenvalue weighted by Crippen LogP contribution is 2.24. The molecule has 1 amide bonds. The smallest absolute Gasteiger partial charge is 0.257 e. The van der Waals surface area contributed by atoms with Crippen molar-refractivity contribution in [3.8, 4) is 5.75 Å². The van der Waals surface area contributed by atoms with Crippen LogP contribution in [0, 0.1) is 0 Å². The van der Waals surface area contributed by atoms with Gasteiger partial charge in [0.15, 0.2) is 0 Å². The molecule has 1 fully saturated rings. The van der Waals surface area contributed by atoms with Gasteiger partial charge >= 0.3 is 0 Å². The maximum absolute atomic E-state index is 13.0. The number of ether oxygens (including phenoxy) is 2. The predicted octanol–water partition coefficient (Wildman–Crippen LogP) is 3.01. The molecule has 0 aliphatic carbocycles. The van der Waals surface area contributed by atoms with Gasteiger partial charge in [-0.3, -0.25) is 4.79 Å². The van der Waals surface area contributed by atoms with Gasteiger partial charge in [-0.15, -0.1) is 0 Å². The van der Waals surface area contributed by atoms with E-state index in [4.69, 9.17) is 9.47 Å². The molecule has 1 saturated heterocycles. The van der Waals surface area contributed by atoms with Crippen LogP contribution in [0.15, 0.2) is 57.9 Å². The fraction of sp³-hybridized carbons (Fsp3) is 0.381. The fourth-order valence-corrected chi connectivity index (χ4v) is 5.22. The summed E-state index contributed by atoms with van der Waals surface area (Å²) in [5.41, 5.74) is 0.470. The van der Waals surface area contributed by atoms with Crippen molar-refractivity contribution in [1.29, 1.82) is 0 Å². The Labute approximate surface area is 185 Å². The van der Waals surface area contributed by atoms with Gasteiger partial charge in [0, 0.05) is 37.3 Å². The van der Waals surface area contributed by atoms with Crippen LogP contribution in [-0.4, -0.2) is 69.5 Å². The Morgan fingerprint density at radius 3 is 2.47 bits per heavy atom. The summed E-state index contributed by atoms with van der Waals surface area (Å²) in [4.78, 5) is 14.9. The first-order chi connectivity index (χ1) is 14.4. The van der Waals surface area contributed by atoms with Gasteiger partial charge < -0.3 is 14.4 Å². The van der Waals surface area contributed by atoms with Crippen LogP contribution >= 0.6 is 15.9 Å². The molecule has 0 radical (unpaired) electrons. The van der Waals surface area contributed by atoms with Crippen LogP contribution in [0.2, 0.25) is 0 Å². The first-order valence-electron chi connectivity index (χ1n) is 9.78. The second kappa shape index (κ2) is 10.4. The van der Waals surface area contributed by atoms with E-state index in [1.165, 1.54) is 4.31 Å². The van der Waals surface area contributed by atoms with Crippen molar-refractivity contribution in [3.05, 3.63) is 58.6 Å². The number of benzene rings is 2. The number of carbonyl (C=O) groups excluding carboxylic acids is 1. The quantitative estimate of drug-likeness (QED) is 0.525. The van der Waals surface area contributed by atoms with E-state index in [-0.39, 0.29) is 23.9 Å². The van der Waals surface area contributed by atoms with Crippen molar-refractivity contribution in [2.75, 3.05) is 46.0 Å². The van der Waals surface area contributed by atoms with Crippen LogP contribution in [0.25, 0.3) is 0 Å². The lowest BCUT2D eigenvalue weighted by atomic mass is 10.1. The zero-order chi connectivity index (χ0) is 21.6. The first-order valence-corrected chi connectivity index (χ1v) is 12.0. The molecule has 9 heteroatoms. The summed E-state index contributed by atoms with van der Waals surface area (Å²) in [6, 6.07) is 13.7. The number of para-hydroxylation sites is 1. The molecule has 2 aromatic carbocycles. The number of rotatable bonds is 8. The van der Waals surface area contributed by atoms with E-state index < -0.39 is 10.0 Å². The molecule has 162 valence electrons. The summed E-state index contributed by atoms with van der Waals surface area (Å²) in [6.07, 6.45) is 0. The Balaban J connectivity index is 1.65. The topological polar surface area (TPSA) is 76.2 Å². The standard InChI is InChI=1S/C21H25BrN2O5S/c1-2-28-14-15-29-20-9-4-3-8-19(20)21(25)23-10-12-24(13-11-23)30(26,27)18-7-5-6-17(22)16-18/h3-9,16H,2,10-15H2,1H3. The number of sulfonamides is 1. The van der Waals surface area contributed by atoms with E-state index in [0.29, 0.717) is 48.7 Å². The van der Waals surface area contributed by atoms with E-state index >= 15 is 0 Å². The minimum Gasteiger partial charge on any atom is -0.490 e. The molecule has 0 unspecified atom stereocenters. The number of piperazine rings is 1. The van der Waals surface area contributed by atoms with E-state index in [1.807, 2.05) is 13.0 Å². The van der Waals surface area contributed by atoms with E-state index in [0.717, 1.165) is 0 Å². The highest BCUT2D eigenvalue weighted by atomic mass is 79.9. The number of nitrogens with zero attached hydrogens (tertiary/aromatic N) is 2. The number of hydrogen-bond donors (Lipinski definition) is 0. The van der Waals surface area contributed by atoms with Gasteiger partial charge in [0.1, 0.15) is 12.4 Å². The minimum absolute atomic E-state index is 0.165. The highest BCUT2D eigenvalue weighted by molar-refractivity contribution is 9.10. The van der Waals surface area contributed by atoms with E-state index in [1.54, 1.807) is 47.4 Å². The number of hydrogen-bond acceptors (Lipinski definition) is 5. The van der Waals surface area contributed by atoms with Crippen LogP contribution in [0.4, 0.5) is 0 Å². The summed E-state index contributed by atoms with van der Waals surface area (Å²) in [7, 11) is -3.60. The monoisotopic (exact) mass is 496 g/mol. The summed E-state index contributed by atoms with van der Waals surface area (Å²) in [6.45, 7) is 4.45. The molecular formula is C21H25BrN2O5S. The maximum atomic E-state index is 13.0. The van der Waals surface area contributed by atoms with Gasteiger partial charge in [0.05, 0.1) is 17.1 Å². The number of carbonyl (C=O) groups is 1.